The van der Waals surface area contributed by atoms with Crippen LogP contribution in [0.25, 0.3) is 33.5 Å². The van der Waals surface area contributed by atoms with E-state index in [2.05, 4.69) is 37.5 Å². The number of aromatic amines is 1. The Morgan fingerprint density at radius 2 is 1.91 bits per heavy atom. The summed E-state index contributed by atoms with van der Waals surface area (Å²) in [7, 11) is 0. The fourth-order valence-corrected chi connectivity index (χ4v) is 4.84. The molecule has 2 N–H and O–H groups in total. The topological polar surface area (TPSA) is 88.1 Å². The van der Waals surface area contributed by atoms with Crippen LogP contribution in [-0.2, 0) is 4.79 Å². The quantitative estimate of drug-likeness (QED) is 0.269. The summed E-state index contributed by atoms with van der Waals surface area (Å²) in [6, 6.07) is 14.5. The van der Waals surface area contributed by atoms with Gasteiger partial charge in [0.2, 0.25) is 5.88 Å². The van der Waals surface area contributed by atoms with Gasteiger partial charge in [-0.15, -0.1) is 0 Å². The Hall–Kier alpha value is -3.01. The summed E-state index contributed by atoms with van der Waals surface area (Å²) >= 11 is 2.23. The number of carboxylic acid groups (broad SMARTS) is 1. The predicted octanol–water partition coefficient (Wildman–Crippen LogP) is 6.45. The van der Waals surface area contributed by atoms with Crippen LogP contribution in [0.4, 0.5) is 4.39 Å². The molecule has 0 spiro atoms. The summed E-state index contributed by atoms with van der Waals surface area (Å²) in [4.78, 5) is 23.5. The number of hydrogen-bond acceptors (Lipinski definition) is 4. The first-order chi connectivity index (χ1) is 16.3. The van der Waals surface area contributed by atoms with Gasteiger partial charge in [-0.2, -0.15) is 0 Å². The van der Waals surface area contributed by atoms with Gasteiger partial charge < -0.3 is 14.8 Å². The molecule has 0 atom stereocenters. The molecular formula is C26H23FIN3O3. The number of nitrogens with one attached hydrogen (secondary N) is 1. The molecule has 8 heteroatoms. The molecule has 0 bridgehead atoms. The highest BCUT2D eigenvalue weighted by molar-refractivity contribution is 14.1. The number of carboxylic acids is 1. The molecule has 0 unspecified atom stereocenters. The summed E-state index contributed by atoms with van der Waals surface area (Å²) in [5.41, 5.74) is 2.89. The number of rotatable bonds is 5. The van der Waals surface area contributed by atoms with Crippen molar-refractivity contribution < 1.29 is 19.0 Å². The molecule has 5 rings (SSSR count). The second kappa shape index (κ2) is 8.98. The molecule has 0 radical (unpaired) electrons. The molecule has 34 heavy (non-hydrogen) atoms. The maximum atomic E-state index is 15.0. The number of benzene rings is 2. The van der Waals surface area contributed by atoms with Crippen molar-refractivity contribution in [3.8, 4) is 28.4 Å². The minimum atomic E-state index is -0.748. The van der Waals surface area contributed by atoms with Gasteiger partial charge in [0.1, 0.15) is 17.7 Å². The highest BCUT2D eigenvalue weighted by Crippen LogP contribution is 2.37. The van der Waals surface area contributed by atoms with E-state index in [1.165, 1.54) is 6.07 Å². The molecule has 2 aromatic carbocycles. The highest BCUT2D eigenvalue weighted by atomic mass is 127. The molecule has 4 aromatic rings. The zero-order chi connectivity index (χ0) is 23.9. The Labute approximate surface area is 209 Å². The predicted molar refractivity (Wildman–Crippen MR) is 136 cm³/mol. The van der Waals surface area contributed by atoms with Gasteiger partial charge in [0.25, 0.3) is 0 Å². The fraction of sp³-hybridized carbons (Fsp3) is 0.269. The number of pyridine rings is 1. The first-order valence-electron chi connectivity index (χ1n) is 11.1. The molecule has 6 nitrogen and oxygen atoms in total. The van der Waals surface area contributed by atoms with Gasteiger partial charge >= 0.3 is 5.97 Å². The maximum absolute atomic E-state index is 15.0. The molecular weight excluding hydrogens is 548 g/mol. The zero-order valence-electron chi connectivity index (χ0n) is 18.5. The van der Waals surface area contributed by atoms with Crippen LogP contribution in [0.3, 0.4) is 0 Å². The Balaban J connectivity index is 1.29. The number of aromatic nitrogens is 3. The van der Waals surface area contributed by atoms with Crippen LogP contribution < -0.4 is 4.74 Å². The van der Waals surface area contributed by atoms with E-state index in [4.69, 9.17) is 4.74 Å². The summed E-state index contributed by atoms with van der Waals surface area (Å²) in [5.74, 6) is -0.131. The van der Waals surface area contributed by atoms with Gasteiger partial charge in [-0.3, -0.25) is 4.79 Å². The number of aliphatic carboxylic acids is 1. The SMILES string of the molecule is C[C@]1(C(=O)O)CC[C@@H](Oc2ccc(-c3ccc(-c4nc5ccc(I)cc5[nH]4)c(F)c3)cn2)CC1. The average Bonchev–Trinajstić information content (AvgIpc) is 3.24. The second-order valence-corrected chi connectivity index (χ2v) is 10.3. The lowest BCUT2D eigenvalue weighted by Gasteiger charge is -2.33. The smallest absolute Gasteiger partial charge is 0.309 e. The molecule has 1 fully saturated rings. The first-order valence-corrected chi connectivity index (χ1v) is 12.2. The number of imidazole rings is 1. The lowest BCUT2D eigenvalue weighted by Crippen LogP contribution is -2.36. The third-order valence-electron chi connectivity index (χ3n) is 6.58. The third kappa shape index (κ3) is 4.51. The van der Waals surface area contributed by atoms with Crippen LogP contribution in [0, 0.1) is 14.8 Å². The number of ether oxygens (including phenoxy) is 1. The van der Waals surface area contributed by atoms with Crippen molar-refractivity contribution in [3.05, 3.63) is 64.1 Å². The van der Waals surface area contributed by atoms with E-state index in [-0.39, 0.29) is 11.9 Å². The number of halogens is 2. The molecule has 0 saturated heterocycles. The van der Waals surface area contributed by atoms with Gasteiger partial charge in [0.05, 0.1) is 22.0 Å². The monoisotopic (exact) mass is 571 g/mol. The molecule has 0 amide bonds. The van der Waals surface area contributed by atoms with E-state index in [0.29, 0.717) is 48.5 Å². The minimum absolute atomic E-state index is 0.0467. The van der Waals surface area contributed by atoms with Gasteiger partial charge in [0.15, 0.2) is 0 Å². The number of nitrogens with zero attached hydrogens (tertiary/aromatic N) is 2. The van der Waals surface area contributed by atoms with Crippen molar-refractivity contribution in [1.29, 1.82) is 0 Å². The Morgan fingerprint density at radius 1 is 1.15 bits per heavy atom. The number of carbonyl (C=O) groups is 1. The van der Waals surface area contributed by atoms with Crippen molar-refractivity contribution in [2.75, 3.05) is 0 Å². The summed E-state index contributed by atoms with van der Waals surface area (Å²) in [5, 5.41) is 9.37. The third-order valence-corrected chi connectivity index (χ3v) is 7.25. The van der Waals surface area contributed by atoms with Gasteiger partial charge in [0, 0.05) is 21.4 Å². The zero-order valence-corrected chi connectivity index (χ0v) is 20.7. The Bertz CT molecular complexity index is 1360. The number of fused-ring (bicyclic) bond motifs is 1. The normalized spacial score (nSPS) is 20.4. The molecule has 174 valence electrons. The van der Waals surface area contributed by atoms with Gasteiger partial charge in [-0.1, -0.05) is 6.07 Å². The van der Waals surface area contributed by atoms with Crippen molar-refractivity contribution in [3.63, 3.8) is 0 Å². The van der Waals surface area contributed by atoms with Crippen LogP contribution in [0.15, 0.2) is 54.7 Å². The molecule has 2 aromatic heterocycles. The van der Waals surface area contributed by atoms with Crippen molar-refractivity contribution >= 4 is 39.6 Å². The van der Waals surface area contributed by atoms with Crippen LogP contribution in [0.1, 0.15) is 32.6 Å². The summed E-state index contributed by atoms with van der Waals surface area (Å²) in [6.07, 6.45) is 4.15. The van der Waals surface area contributed by atoms with E-state index in [1.807, 2.05) is 30.3 Å². The Kier molecular flexibility index (Phi) is 6.01. The second-order valence-electron chi connectivity index (χ2n) is 9.01. The van der Waals surface area contributed by atoms with Crippen LogP contribution in [0.2, 0.25) is 0 Å². The van der Waals surface area contributed by atoms with E-state index >= 15 is 0 Å². The molecule has 0 aliphatic heterocycles. The van der Waals surface area contributed by atoms with Gasteiger partial charge in [-0.05, 0) is 97.2 Å². The van der Waals surface area contributed by atoms with Crippen molar-refractivity contribution in [2.45, 2.75) is 38.7 Å². The van der Waals surface area contributed by atoms with Crippen LogP contribution in [-0.4, -0.2) is 32.1 Å². The Morgan fingerprint density at radius 3 is 2.59 bits per heavy atom. The van der Waals surface area contributed by atoms with Crippen LogP contribution >= 0.6 is 22.6 Å². The van der Waals surface area contributed by atoms with E-state index in [0.717, 1.165) is 20.2 Å². The molecule has 2 heterocycles. The van der Waals surface area contributed by atoms with E-state index in [1.54, 1.807) is 25.3 Å². The van der Waals surface area contributed by atoms with E-state index in [9.17, 15) is 14.3 Å². The number of H-pyrrole nitrogens is 1. The lowest BCUT2D eigenvalue weighted by molar-refractivity contribution is -0.150. The van der Waals surface area contributed by atoms with Crippen molar-refractivity contribution in [2.24, 2.45) is 5.41 Å². The van der Waals surface area contributed by atoms with Crippen molar-refractivity contribution in [1.82, 2.24) is 15.0 Å². The summed E-state index contributed by atoms with van der Waals surface area (Å²) in [6.45, 7) is 1.79. The molecule has 1 saturated carbocycles. The standard InChI is InChI=1S/C26H23FIN3O3/c1-26(25(32)33)10-8-18(9-11-26)34-23-7-3-16(14-29-23)15-2-5-19(20(27)12-15)24-30-21-6-4-17(28)13-22(21)31-24/h2-7,12-14,18H,8-11H2,1H3,(H,30,31)(H,32,33)/t18-,26+. The lowest BCUT2D eigenvalue weighted by atomic mass is 9.75. The largest absolute Gasteiger partial charge is 0.481 e. The minimum Gasteiger partial charge on any atom is -0.481 e. The molecule has 1 aliphatic carbocycles. The van der Waals surface area contributed by atoms with Crippen LogP contribution in [0.5, 0.6) is 5.88 Å². The average molecular weight is 571 g/mol. The van der Waals surface area contributed by atoms with E-state index < -0.39 is 11.4 Å². The summed E-state index contributed by atoms with van der Waals surface area (Å²) < 4.78 is 22.0. The molecule has 1 aliphatic rings. The maximum Gasteiger partial charge on any atom is 0.309 e. The first kappa shape index (κ1) is 22.8. The number of hydrogen-bond donors (Lipinski definition) is 2. The fourth-order valence-electron chi connectivity index (χ4n) is 4.35. The highest BCUT2D eigenvalue weighted by Gasteiger charge is 2.38. The van der Waals surface area contributed by atoms with Gasteiger partial charge in [-0.25, -0.2) is 14.4 Å².